The van der Waals surface area contributed by atoms with Crippen molar-refractivity contribution in [3.63, 3.8) is 0 Å². The lowest BCUT2D eigenvalue weighted by Crippen LogP contribution is -3.15. The smallest absolute Gasteiger partial charge is 0.339 e. The van der Waals surface area contributed by atoms with Crippen molar-refractivity contribution in [2.75, 3.05) is 39.2 Å². The van der Waals surface area contributed by atoms with E-state index in [0.717, 1.165) is 13.1 Å². The molecule has 0 spiro atoms. The van der Waals surface area contributed by atoms with Crippen LogP contribution >= 0.6 is 0 Å². The third-order valence-electron chi connectivity index (χ3n) is 4.61. The quantitative estimate of drug-likeness (QED) is 0.755. The summed E-state index contributed by atoms with van der Waals surface area (Å²) < 4.78 is 9.45. The Labute approximate surface area is 153 Å². The van der Waals surface area contributed by atoms with Gasteiger partial charge in [0.1, 0.15) is 0 Å². The van der Waals surface area contributed by atoms with Crippen LogP contribution in [-0.4, -0.2) is 51.7 Å². The van der Waals surface area contributed by atoms with E-state index in [2.05, 4.69) is 19.2 Å². The Morgan fingerprint density at radius 3 is 2.27 bits per heavy atom. The molecule has 0 aromatic heterocycles. The number of hydrogen-bond donors (Lipinski definition) is 2. The predicted octanol–water partition coefficient (Wildman–Crippen LogP) is 0.759. The van der Waals surface area contributed by atoms with Crippen LogP contribution in [-0.2, 0) is 14.3 Å². The average Bonchev–Trinajstić information content (AvgIpc) is 2.59. The summed E-state index contributed by atoms with van der Waals surface area (Å²) in [6, 6.07) is 4.35. The predicted molar refractivity (Wildman–Crippen MR) is 96.3 cm³/mol. The molecule has 26 heavy (non-hydrogen) atoms. The van der Waals surface area contributed by atoms with Crippen molar-refractivity contribution in [1.82, 2.24) is 0 Å². The summed E-state index contributed by atoms with van der Waals surface area (Å²) >= 11 is 0. The Bertz CT molecular complexity index is 679. The van der Waals surface area contributed by atoms with Gasteiger partial charge in [0.25, 0.3) is 5.91 Å². The molecule has 0 aliphatic carbocycles. The van der Waals surface area contributed by atoms with Crippen LogP contribution in [0.5, 0.6) is 0 Å². The molecular weight excluding hydrogens is 336 g/mol. The molecule has 7 heteroatoms. The van der Waals surface area contributed by atoms with Gasteiger partial charge in [0.2, 0.25) is 0 Å². The molecule has 1 aliphatic heterocycles. The number of ether oxygens (including phenoxy) is 2. The number of anilines is 1. The second-order valence-electron chi connectivity index (χ2n) is 7.07. The van der Waals surface area contributed by atoms with E-state index < -0.39 is 11.9 Å². The summed E-state index contributed by atoms with van der Waals surface area (Å²) in [5, 5.41) is 2.75. The van der Waals surface area contributed by atoms with Crippen molar-refractivity contribution < 1.29 is 28.8 Å². The Morgan fingerprint density at radius 2 is 1.69 bits per heavy atom. The fourth-order valence-corrected chi connectivity index (χ4v) is 3.67. The molecule has 2 rings (SSSR count). The van der Waals surface area contributed by atoms with Crippen LogP contribution in [0, 0.1) is 11.8 Å². The van der Waals surface area contributed by atoms with Gasteiger partial charge in [-0.2, -0.15) is 0 Å². The second-order valence-corrected chi connectivity index (χ2v) is 7.07. The zero-order chi connectivity index (χ0) is 19.3. The van der Waals surface area contributed by atoms with E-state index in [-0.39, 0.29) is 22.7 Å². The van der Waals surface area contributed by atoms with Gasteiger partial charge >= 0.3 is 11.9 Å². The second kappa shape index (κ2) is 8.80. The van der Waals surface area contributed by atoms with Gasteiger partial charge in [-0.3, -0.25) is 4.79 Å². The Hall–Kier alpha value is -2.41. The van der Waals surface area contributed by atoms with Gasteiger partial charge in [0.15, 0.2) is 6.54 Å². The Balaban J connectivity index is 2.16. The molecule has 1 aromatic carbocycles. The lowest BCUT2D eigenvalue weighted by molar-refractivity contribution is -0.904. The van der Waals surface area contributed by atoms with Crippen LogP contribution in [0.3, 0.4) is 0 Å². The third-order valence-corrected chi connectivity index (χ3v) is 4.61. The summed E-state index contributed by atoms with van der Waals surface area (Å²) in [5.74, 6) is -0.163. The minimum Gasteiger partial charge on any atom is -0.465 e. The van der Waals surface area contributed by atoms with E-state index in [1.54, 1.807) is 0 Å². The number of esters is 2. The summed E-state index contributed by atoms with van der Waals surface area (Å²) in [6.07, 6.45) is 1.18. The molecule has 0 bridgehead atoms. The number of likely N-dealkylation sites (tertiary alicyclic amines) is 1. The molecule has 1 fully saturated rings. The summed E-state index contributed by atoms with van der Waals surface area (Å²) in [7, 11) is 2.54. The standard InChI is InChI=1S/C19H26N2O5/c1-12-7-13(2)10-21(9-12)11-17(22)20-16-8-14(18(23)25-3)5-6-15(16)19(24)26-4/h5-6,8,12-13H,7,9-11H2,1-4H3,(H,20,22)/p+1/t12-,13-/m0/s1. The van der Waals surface area contributed by atoms with E-state index in [4.69, 9.17) is 9.47 Å². The number of benzene rings is 1. The van der Waals surface area contributed by atoms with Crippen molar-refractivity contribution in [2.24, 2.45) is 11.8 Å². The molecule has 0 saturated carbocycles. The lowest BCUT2D eigenvalue weighted by atomic mass is 9.92. The van der Waals surface area contributed by atoms with Gasteiger partial charge < -0.3 is 19.7 Å². The van der Waals surface area contributed by atoms with Crippen LogP contribution in [0.4, 0.5) is 5.69 Å². The molecule has 1 amide bonds. The van der Waals surface area contributed by atoms with Crippen LogP contribution in [0.2, 0.25) is 0 Å². The number of methoxy groups -OCH3 is 2. The van der Waals surface area contributed by atoms with Gasteiger partial charge in [0.05, 0.1) is 44.1 Å². The van der Waals surface area contributed by atoms with Crippen molar-refractivity contribution in [3.8, 4) is 0 Å². The SMILES string of the molecule is COC(=O)c1ccc(C(=O)OC)c(NC(=O)C[NH+]2C[C@@H](C)C[C@H](C)C2)c1. The highest BCUT2D eigenvalue weighted by Gasteiger charge is 2.27. The number of quaternary nitrogens is 1. The highest BCUT2D eigenvalue weighted by atomic mass is 16.5. The molecule has 0 radical (unpaired) electrons. The van der Waals surface area contributed by atoms with Gasteiger partial charge in [-0.05, 0) is 24.6 Å². The van der Waals surface area contributed by atoms with E-state index in [0.29, 0.717) is 18.4 Å². The van der Waals surface area contributed by atoms with Gasteiger partial charge in [-0.1, -0.05) is 13.8 Å². The Morgan fingerprint density at radius 1 is 1.08 bits per heavy atom. The Kier molecular flexibility index (Phi) is 6.74. The molecular formula is C19H27N2O5+. The molecule has 7 nitrogen and oxygen atoms in total. The van der Waals surface area contributed by atoms with Crippen molar-refractivity contribution >= 4 is 23.5 Å². The number of carbonyl (C=O) groups is 3. The fraction of sp³-hybridized carbons (Fsp3) is 0.526. The number of nitrogens with one attached hydrogen (secondary N) is 2. The van der Waals surface area contributed by atoms with Crippen molar-refractivity contribution in [2.45, 2.75) is 20.3 Å². The number of carbonyl (C=O) groups excluding carboxylic acids is 3. The highest BCUT2D eigenvalue weighted by molar-refractivity contribution is 6.03. The summed E-state index contributed by atoms with van der Waals surface area (Å²) in [4.78, 5) is 37.4. The van der Waals surface area contributed by atoms with Crippen LogP contribution in [0.25, 0.3) is 0 Å². The largest absolute Gasteiger partial charge is 0.465 e. The summed E-state index contributed by atoms with van der Waals surface area (Å²) in [6.45, 7) is 6.61. The first kappa shape index (κ1) is 19.9. The fourth-order valence-electron chi connectivity index (χ4n) is 3.67. The minimum absolute atomic E-state index is 0.198. The van der Waals surface area contributed by atoms with Gasteiger partial charge in [-0.15, -0.1) is 0 Å². The van der Waals surface area contributed by atoms with Gasteiger partial charge in [-0.25, -0.2) is 9.59 Å². The van der Waals surface area contributed by atoms with Crippen molar-refractivity contribution in [1.29, 1.82) is 0 Å². The molecule has 1 heterocycles. The molecule has 1 saturated heterocycles. The minimum atomic E-state index is -0.579. The van der Waals surface area contributed by atoms with Gasteiger partial charge in [0, 0.05) is 11.8 Å². The van der Waals surface area contributed by atoms with E-state index >= 15 is 0 Å². The van der Waals surface area contributed by atoms with Crippen LogP contribution in [0.1, 0.15) is 41.0 Å². The molecule has 2 atom stereocenters. The number of amides is 1. The number of hydrogen-bond acceptors (Lipinski definition) is 5. The van der Waals surface area contributed by atoms with E-state index in [1.165, 1.54) is 43.7 Å². The number of piperidine rings is 1. The highest BCUT2D eigenvalue weighted by Crippen LogP contribution is 2.20. The molecule has 1 aromatic rings. The van der Waals surface area contributed by atoms with Crippen LogP contribution < -0.4 is 10.2 Å². The molecule has 1 aliphatic rings. The molecule has 0 unspecified atom stereocenters. The normalized spacial score (nSPS) is 22.4. The first-order valence-electron chi connectivity index (χ1n) is 8.78. The maximum atomic E-state index is 12.5. The topological polar surface area (TPSA) is 86.1 Å². The maximum Gasteiger partial charge on any atom is 0.339 e. The average molecular weight is 363 g/mol. The third kappa shape index (κ3) is 5.05. The lowest BCUT2D eigenvalue weighted by Gasteiger charge is -2.31. The zero-order valence-corrected chi connectivity index (χ0v) is 15.8. The first-order chi connectivity index (χ1) is 12.3. The first-order valence-corrected chi connectivity index (χ1v) is 8.78. The number of rotatable bonds is 5. The molecule has 142 valence electrons. The molecule has 2 N–H and O–H groups in total. The van der Waals surface area contributed by atoms with E-state index in [1.807, 2.05) is 0 Å². The maximum absolute atomic E-state index is 12.5. The summed E-state index contributed by atoms with van der Waals surface area (Å²) in [5.41, 5.74) is 0.703. The van der Waals surface area contributed by atoms with E-state index in [9.17, 15) is 14.4 Å². The monoisotopic (exact) mass is 363 g/mol. The van der Waals surface area contributed by atoms with Crippen LogP contribution in [0.15, 0.2) is 18.2 Å². The zero-order valence-electron chi connectivity index (χ0n) is 15.8. The van der Waals surface area contributed by atoms with Crippen molar-refractivity contribution in [3.05, 3.63) is 29.3 Å².